The summed E-state index contributed by atoms with van der Waals surface area (Å²) in [6, 6.07) is 11.9. The fourth-order valence-electron chi connectivity index (χ4n) is 2.55. The first-order chi connectivity index (χ1) is 11.5. The molecular weight excluding hydrogens is 360 g/mol. The molecule has 0 unspecified atom stereocenters. The monoisotopic (exact) mass is 372 g/mol. The van der Waals surface area contributed by atoms with E-state index in [1.54, 1.807) is 0 Å². The summed E-state index contributed by atoms with van der Waals surface area (Å²) >= 11 is 9.24. The number of benzene rings is 2. The van der Waals surface area contributed by atoms with Crippen LogP contribution in [0.5, 0.6) is 0 Å². The van der Waals surface area contributed by atoms with Gasteiger partial charge in [-0.05, 0) is 43.2 Å². The summed E-state index contributed by atoms with van der Waals surface area (Å²) in [7, 11) is 0. The molecule has 0 aliphatic heterocycles. The highest BCUT2D eigenvalue weighted by Gasteiger charge is 2.18. The molecule has 0 bridgehead atoms. The van der Waals surface area contributed by atoms with Crippen molar-refractivity contribution >= 4 is 65.6 Å². The Balaban J connectivity index is 1.69. The first-order valence-electron chi connectivity index (χ1n) is 7.39. The van der Waals surface area contributed by atoms with Crippen molar-refractivity contribution in [3.63, 3.8) is 0 Å². The Hall–Kier alpha value is -1.95. The minimum absolute atomic E-state index is 0.214. The number of nitrogens with one attached hydrogen (secondary N) is 1. The highest BCUT2D eigenvalue weighted by molar-refractivity contribution is 7.23. The molecule has 2 heterocycles. The summed E-state index contributed by atoms with van der Waals surface area (Å²) < 4.78 is 2.07. The number of hydrogen-bond acceptors (Lipinski definition) is 4. The van der Waals surface area contributed by atoms with Crippen molar-refractivity contribution in [3.05, 3.63) is 57.4 Å². The number of hydrogen-bond donors (Lipinski definition) is 1. The third-order valence-corrected chi connectivity index (χ3v) is 6.57. The molecule has 4 rings (SSSR count). The van der Waals surface area contributed by atoms with Crippen molar-refractivity contribution in [1.82, 2.24) is 4.98 Å². The van der Waals surface area contributed by atoms with Gasteiger partial charge in [0.25, 0.3) is 5.91 Å². The van der Waals surface area contributed by atoms with Crippen LogP contribution in [0.2, 0.25) is 5.02 Å². The van der Waals surface area contributed by atoms with E-state index >= 15 is 0 Å². The number of thiophene rings is 1. The van der Waals surface area contributed by atoms with Crippen LogP contribution in [0.3, 0.4) is 0 Å². The van der Waals surface area contributed by atoms with Crippen LogP contribution in [0.25, 0.3) is 20.3 Å². The second kappa shape index (κ2) is 5.84. The molecule has 0 radical (unpaired) electrons. The zero-order valence-corrected chi connectivity index (χ0v) is 15.4. The second-order valence-electron chi connectivity index (χ2n) is 5.62. The van der Waals surface area contributed by atoms with E-state index in [2.05, 4.69) is 30.2 Å². The highest BCUT2D eigenvalue weighted by Crippen LogP contribution is 2.36. The SMILES string of the molecule is Cc1cc2nc(NC(=O)c3sc4ccccc4c3Cl)sc2cc1C. The number of anilines is 1. The maximum Gasteiger partial charge on any atom is 0.269 e. The number of rotatable bonds is 2. The van der Waals surface area contributed by atoms with Gasteiger partial charge in [-0.3, -0.25) is 10.1 Å². The molecule has 0 aliphatic rings. The first-order valence-corrected chi connectivity index (χ1v) is 9.40. The minimum atomic E-state index is -0.214. The third kappa shape index (κ3) is 2.59. The number of aryl methyl sites for hydroxylation is 2. The van der Waals surface area contributed by atoms with Crippen LogP contribution in [0.15, 0.2) is 36.4 Å². The average molecular weight is 373 g/mol. The lowest BCUT2D eigenvalue weighted by atomic mass is 10.1. The Kier molecular flexibility index (Phi) is 3.79. The number of nitrogens with zero attached hydrogens (tertiary/aromatic N) is 1. The molecule has 1 N–H and O–H groups in total. The van der Waals surface area contributed by atoms with Gasteiger partial charge in [-0.25, -0.2) is 4.98 Å². The Morgan fingerprint density at radius 1 is 1.08 bits per heavy atom. The predicted molar refractivity (Wildman–Crippen MR) is 104 cm³/mol. The highest BCUT2D eigenvalue weighted by atomic mass is 35.5. The van der Waals surface area contributed by atoms with E-state index in [9.17, 15) is 4.79 Å². The molecule has 0 atom stereocenters. The van der Waals surface area contributed by atoms with Gasteiger partial charge in [0.15, 0.2) is 5.13 Å². The maximum absolute atomic E-state index is 12.6. The van der Waals surface area contributed by atoms with Crippen molar-refractivity contribution in [2.45, 2.75) is 13.8 Å². The lowest BCUT2D eigenvalue weighted by Gasteiger charge is -1.98. The van der Waals surface area contributed by atoms with Crippen molar-refractivity contribution in [2.75, 3.05) is 5.32 Å². The van der Waals surface area contributed by atoms with E-state index in [-0.39, 0.29) is 5.91 Å². The summed E-state index contributed by atoms with van der Waals surface area (Å²) in [4.78, 5) is 17.6. The molecule has 0 fully saturated rings. The van der Waals surface area contributed by atoms with E-state index < -0.39 is 0 Å². The molecule has 6 heteroatoms. The van der Waals surface area contributed by atoms with Gasteiger partial charge >= 0.3 is 0 Å². The second-order valence-corrected chi connectivity index (χ2v) is 8.08. The smallest absolute Gasteiger partial charge is 0.269 e. The molecule has 0 saturated heterocycles. The van der Waals surface area contributed by atoms with E-state index in [1.807, 2.05) is 30.3 Å². The van der Waals surface area contributed by atoms with Gasteiger partial charge in [-0.2, -0.15) is 0 Å². The van der Waals surface area contributed by atoms with E-state index in [0.29, 0.717) is 15.0 Å². The van der Waals surface area contributed by atoms with Crippen LogP contribution >= 0.6 is 34.3 Å². The first kappa shape index (κ1) is 15.6. The molecule has 2 aromatic carbocycles. The van der Waals surface area contributed by atoms with Gasteiger partial charge in [-0.15, -0.1) is 11.3 Å². The van der Waals surface area contributed by atoms with Crippen LogP contribution in [0.1, 0.15) is 20.8 Å². The van der Waals surface area contributed by atoms with Crippen molar-refractivity contribution in [2.24, 2.45) is 0 Å². The summed E-state index contributed by atoms with van der Waals surface area (Å²) in [5, 5.41) is 4.88. The van der Waals surface area contributed by atoms with Crippen LogP contribution in [-0.2, 0) is 0 Å². The molecule has 1 amide bonds. The van der Waals surface area contributed by atoms with Gasteiger partial charge in [0.2, 0.25) is 0 Å². The summed E-state index contributed by atoms with van der Waals surface area (Å²) in [5.41, 5.74) is 3.32. The van der Waals surface area contributed by atoms with Gasteiger partial charge in [0, 0.05) is 10.1 Å². The van der Waals surface area contributed by atoms with Crippen LogP contribution in [0.4, 0.5) is 5.13 Å². The van der Waals surface area contributed by atoms with Crippen molar-refractivity contribution < 1.29 is 4.79 Å². The van der Waals surface area contributed by atoms with E-state index in [0.717, 1.165) is 20.3 Å². The number of carbonyl (C=O) groups is 1. The molecular formula is C18H13ClN2OS2. The lowest BCUT2D eigenvalue weighted by molar-refractivity contribution is 0.103. The lowest BCUT2D eigenvalue weighted by Crippen LogP contribution is -2.10. The fourth-order valence-corrected chi connectivity index (χ4v) is 4.90. The topological polar surface area (TPSA) is 42.0 Å². The fraction of sp³-hybridized carbons (Fsp3) is 0.111. The molecule has 120 valence electrons. The number of amides is 1. The number of halogens is 1. The predicted octanol–water partition coefficient (Wildman–Crippen LogP) is 6.03. The zero-order chi connectivity index (χ0) is 16.8. The molecule has 0 spiro atoms. The Morgan fingerprint density at radius 3 is 2.62 bits per heavy atom. The molecule has 4 aromatic rings. The van der Waals surface area contributed by atoms with Gasteiger partial charge < -0.3 is 0 Å². The Morgan fingerprint density at radius 2 is 1.83 bits per heavy atom. The number of carbonyl (C=O) groups excluding carboxylic acids is 1. The van der Waals surface area contributed by atoms with E-state index in [4.69, 9.17) is 11.6 Å². The molecule has 0 saturated carbocycles. The van der Waals surface area contributed by atoms with Crippen LogP contribution < -0.4 is 5.32 Å². The zero-order valence-electron chi connectivity index (χ0n) is 13.0. The van der Waals surface area contributed by atoms with Crippen LogP contribution in [0, 0.1) is 13.8 Å². The summed E-state index contributed by atoms with van der Waals surface area (Å²) in [6.07, 6.45) is 0. The largest absolute Gasteiger partial charge is 0.297 e. The number of thiazole rings is 1. The Bertz CT molecular complexity index is 1060. The molecule has 2 aromatic heterocycles. The molecule has 24 heavy (non-hydrogen) atoms. The van der Waals surface area contributed by atoms with E-state index in [1.165, 1.54) is 33.8 Å². The molecule has 3 nitrogen and oxygen atoms in total. The van der Waals surface area contributed by atoms with Crippen molar-refractivity contribution in [1.29, 1.82) is 0 Å². The van der Waals surface area contributed by atoms with Gasteiger partial charge in [0.05, 0.1) is 15.2 Å². The molecule has 0 aliphatic carbocycles. The summed E-state index contributed by atoms with van der Waals surface area (Å²) in [6.45, 7) is 4.13. The summed E-state index contributed by atoms with van der Waals surface area (Å²) in [5.74, 6) is -0.214. The number of fused-ring (bicyclic) bond motifs is 2. The van der Waals surface area contributed by atoms with Crippen LogP contribution in [-0.4, -0.2) is 10.9 Å². The van der Waals surface area contributed by atoms with Gasteiger partial charge in [-0.1, -0.05) is 41.1 Å². The standard InChI is InChI=1S/C18H13ClN2OS2/c1-9-7-12-14(8-10(9)2)24-18(20-12)21-17(22)16-15(19)11-5-3-4-6-13(11)23-16/h3-8H,1-2H3,(H,20,21,22). The normalized spacial score (nSPS) is 11.3. The average Bonchev–Trinajstić information content (AvgIpc) is 3.09. The van der Waals surface area contributed by atoms with Gasteiger partial charge in [0.1, 0.15) is 4.88 Å². The van der Waals surface area contributed by atoms with Crippen molar-refractivity contribution in [3.8, 4) is 0 Å². The quantitative estimate of drug-likeness (QED) is 0.466. The number of aromatic nitrogens is 1. The third-order valence-electron chi connectivity index (χ3n) is 3.97. The maximum atomic E-state index is 12.6. The Labute approximate surface area is 151 Å². The minimum Gasteiger partial charge on any atom is -0.297 e.